The van der Waals surface area contributed by atoms with E-state index in [-0.39, 0.29) is 19.5 Å². The van der Waals surface area contributed by atoms with Crippen molar-refractivity contribution in [3.05, 3.63) is 265 Å². The third-order valence-electron chi connectivity index (χ3n) is 18.4. The summed E-state index contributed by atoms with van der Waals surface area (Å²) in [7, 11) is 0. The molecule has 0 saturated heterocycles. The zero-order valence-electron chi connectivity index (χ0n) is 45.9. The zero-order valence-corrected chi connectivity index (χ0v) is 45.9. The average Bonchev–Trinajstić information content (AvgIpc) is 1.56. The maximum Gasteiger partial charge on any atom is 0.338 e. The molecule has 0 radical (unpaired) electrons. The molecule has 3 aliphatic heterocycles. The van der Waals surface area contributed by atoms with E-state index in [0.717, 1.165) is 99.6 Å². The summed E-state index contributed by atoms with van der Waals surface area (Å²) in [4.78, 5) is 21.4. The Morgan fingerprint density at radius 1 is 0.317 bits per heavy atom. The molecule has 82 heavy (non-hydrogen) atoms. The lowest BCUT2D eigenvalue weighted by atomic mass is 9.32. The number of benzene rings is 12. The SMILES string of the molecule is Cc1cc(-c2ccccc2)cc(C)c1B1c2cc3c4ccccc4n(-c4ccccc4)c3cc2N2C(=O)N3c4cc5c(cc4B(c4c(C)cc(-c6ccccc6)cc4C)c4ccc6ccc1c2c6c43)c1ccccc1n5-c1ccccc1. The minimum absolute atomic E-state index is 0.0858. The van der Waals surface area contributed by atoms with Crippen molar-refractivity contribution in [2.45, 2.75) is 27.7 Å². The third-order valence-corrected chi connectivity index (χ3v) is 18.4. The number of para-hydroxylation sites is 4. The number of hydrogen-bond acceptors (Lipinski definition) is 1. The molecule has 2 aromatic heterocycles. The predicted molar refractivity (Wildman–Crippen MR) is 347 cm³/mol. The van der Waals surface area contributed by atoms with E-state index in [9.17, 15) is 0 Å². The Kier molecular flexibility index (Phi) is 9.95. The van der Waals surface area contributed by atoms with Gasteiger partial charge in [-0.2, -0.15) is 0 Å². The first-order valence-corrected chi connectivity index (χ1v) is 28.6. The molecule has 0 bridgehead atoms. The number of fused-ring (bicyclic) bond motifs is 10. The van der Waals surface area contributed by atoms with E-state index in [1.807, 2.05) is 0 Å². The molecular weight excluding hydrogens is 994 g/mol. The first-order chi connectivity index (χ1) is 40.3. The highest BCUT2D eigenvalue weighted by molar-refractivity contribution is 7.00. The summed E-state index contributed by atoms with van der Waals surface area (Å²) in [5.41, 5.74) is 26.9. The fourth-order valence-corrected chi connectivity index (χ4v) is 15.1. The van der Waals surface area contributed by atoms with Crippen LogP contribution in [0.2, 0.25) is 0 Å². The molecule has 3 aliphatic rings. The lowest BCUT2D eigenvalue weighted by molar-refractivity contribution is 0.255. The molecule has 0 spiro atoms. The summed E-state index contributed by atoms with van der Waals surface area (Å²) < 4.78 is 4.77. The Morgan fingerprint density at radius 3 is 1.09 bits per heavy atom. The largest absolute Gasteiger partial charge is 0.338 e. The smallest absolute Gasteiger partial charge is 0.309 e. The third kappa shape index (κ3) is 6.50. The number of carbonyl (C=O) groups is 1. The van der Waals surface area contributed by atoms with Crippen molar-refractivity contribution in [2.75, 3.05) is 9.80 Å². The van der Waals surface area contributed by atoms with Gasteiger partial charge in [-0.3, -0.25) is 9.80 Å². The number of urea groups is 1. The minimum atomic E-state index is -0.197. The first-order valence-electron chi connectivity index (χ1n) is 28.6. The van der Waals surface area contributed by atoms with Crippen molar-refractivity contribution in [1.82, 2.24) is 9.13 Å². The summed E-state index contributed by atoms with van der Waals surface area (Å²) in [5, 5.41) is 6.86. The number of hydrogen-bond donors (Lipinski definition) is 0. The fraction of sp³-hybridized carbons (Fsp3) is 0.0533. The Labute approximate surface area is 476 Å². The van der Waals surface area contributed by atoms with Gasteiger partial charge in [0.2, 0.25) is 13.4 Å². The average molecular weight is 1050 g/mol. The normalized spacial score (nSPS) is 13.3. The number of carbonyl (C=O) groups excluding carboxylic acids is 1. The highest BCUT2D eigenvalue weighted by Crippen LogP contribution is 2.50. The standard InChI is InChI=1S/C75H52B2N4O/c1-45-37-52(49-21-9-5-10-22-49)38-46(2)71(45)76-60-35-33-51-34-36-61-74-70(51)73(60)80(68-43-66-58(41-62(68)76)56-29-17-19-31-64(56)78(66)54-25-13-7-14-26-54)75(82)81(74)69-44-67-59(57-30-18-20-32-65(57)79(67)55-27-15-8-16-28-55)42-63(69)77(61)72-47(3)39-53(40-48(72)4)50-23-11-6-12-24-50/h5-44H,1-4H3. The van der Waals surface area contributed by atoms with E-state index < -0.39 is 0 Å². The first kappa shape index (κ1) is 46.8. The van der Waals surface area contributed by atoms with Crippen LogP contribution in [0.4, 0.5) is 27.5 Å². The number of aryl methyl sites for hydroxylation is 4. The van der Waals surface area contributed by atoms with Gasteiger partial charge in [0.15, 0.2) is 0 Å². The molecule has 5 heterocycles. The zero-order chi connectivity index (χ0) is 54.6. The molecule has 2 amide bonds. The second kappa shape index (κ2) is 17.4. The van der Waals surface area contributed by atoms with Crippen LogP contribution in [-0.2, 0) is 0 Å². The van der Waals surface area contributed by atoms with Gasteiger partial charge in [0.25, 0.3) is 0 Å². The molecule has 17 rings (SSSR count). The molecule has 0 atom stereocenters. The van der Waals surface area contributed by atoms with Crippen LogP contribution in [0, 0.1) is 27.7 Å². The van der Waals surface area contributed by atoms with Gasteiger partial charge in [-0.1, -0.05) is 227 Å². The molecule has 0 aliphatic carbocycles. The molecule has 0 N–H and O–H groups in total. The number of anilines is 4. The van der Waals surface area contributed by atoms with E-state index in [2.05, 4.69) is 289 Å². The Balaban J connectivity index is 1.00. The topological polar surface area (TPSA) is 33.4 Å². The van der Waals surface area contributed by atoms with Crippen molar-refractivity contribution in [1.29, 1.82) is 0 Å². The maximum atomic E-state index is 17.2. The van der Waals surface area contributed by atoms with Crippen molar-refractivity contribution >= 4 is 129 Å². The summed E-state index contributed by atoms with van der Waals surface area (Å²) in [6, 6.07) is 88.6. The van der Waals surface area contributed by atoms with Gasteiger partial charge in [0, 0.05) is 49.7 Å². The second-order valence-electron chi connectivity index (χ2n) is 22.9. The van der Waals surface area contributed by atoms with Crippen LogP contribution < -0.4 is 42.6 Å². The molecule has 5 nitrogen and oxygen atoms in total. The van der Waals surface area contributed by atoms with E-state index in [4.69, 9.17) is 0 Å². The molecule has 14 aromatic rings. The van der Waals surface area contributed by atoms with Gasteiger partial charge in [0.1, 0.15) is 0 Å². The van der Waals surface area contributed by atoms with Gasteiger partial charge in [0.05, 0.1) is 33.4 Å². The number of nitrogens with zero attached hydrogens (tertiary/aromatic N) is 4. The Morgan fingerprint density at radius 2 is 0.683 bits per heavy atom. The summed E-state index contributed by atoms with van der Waals surface area (Å²) in [5.74, 6) is 0. The van der Waals surface area contributed by atoms with Crippen LogP contribution in [0.1, 0.15) is 22.3 Å². The van der Waals surface area contributed by atoms with Gasteiger partial charge in [-0.15, -0.1) is 0 Å². The molecule has 7 heteroatoms. The number of rotatable bonds is 6. The second-order valence-corrected chi connectivity index (χ2v) is 22.9. The molecule has 384 valence electrons. The molecular formula is C75H52B2N4O. The van der Waals surface area contributed by atoms with Crippen molar-refractivity contribution in [3.63, 3.8) is 0 Å². The van der Waals surface area contributed by atoms with Crippen LogP contribution in [0.25, 0.3) is 88.0 Å². The lowest BCUT2D eigenvalue weighted by Gasteiger charge is -2.47. The van der Waals surface area contributed by atoms with Gasteiger partial charge in [-0.25, -0.2) is 4.79 Å². The van der Waals surface area contributed by atoms with E-state index in [0.29, 0.717) is 0 Å². The van der Waals surface area contributed by atoms with Gasteiger partial charge < -0.3 is 9.13 Å². The molecule has 12 aromatic carbocycles. The van der Waals surface area contributed by atoms with Crippen molar-refractivity contribution < 1.29 is 4.79 Å². The lowest BCUT2D eigenvalue weighted by Crippen LogP contribution is -2.65. The quantitative estimate of drug-likeness (QED) is 0.153. The Bertz CT molecular complexity index is 4710. The summed E-state index contributed by atoms with van der Waals surface area (Å²) >= 11 is 0. The highest BCUT2D eigenvalue weighted by Gasteiger charge is 2.49. The fourth-order valence-electron chi connectivity index (χ4n) is 15.1. The van der Waals surface area contributed by atoms with Crippen molar-refractivity contribution in [3.8, 4) is 33.6 Å². The van der Waals surface area contributed by atoms with E-state index >= 15 is 4.79 Å². The van der Waals surface area contributed by atoms with Crippen LogP contribution in [0.15, 0.2) is 243 Å². The Hall–Kier alpha value is -10.1. The van der Waals surface area contributed by atoms with Crippen LogP contribution >= 0.6 is 0 Å². The highest BCUT2D eigenvalue weighted by atomic mass is 16.2. The summed E-state index contributed by atoms with van der Waals surface area (Å²) in [6.07, 6.45) is 0. The predicted octanol–water partition coefficient (Wildman–Crippen LogP) is 14.7. The van der Waals surface area contributed by atoms with Crippen molar-refractivity contribution in [2.24, 2.45) is 0 Å². The summed E-state index contributed by atoms with van der Waals surface area (Å²) in [6.45, 7) is 8.74. The monoisotopic (exact) mass is 1050 g/mol. The number of amides is 2. The van der Waals surface area contributed by atoms with Gasteiger partial charge >= 0.3 is 6.03 Å². The maximum absolute atomic E-state index is 17.2. The van der Waals surface area contributed by atoms with Crippen LogP contribution in [-0.4, -0.2) is 28.6 Å². The molecule has 0 fully saturated rings. The molecule has 0 unspecified atom stereocenters. The van der Waals surface area contributed by atoms with E-state index in [1.54, 1.807) is 0 Å². The number of aromatic nitrogens is 2. The van der Waals surface area contributed by atoms with E-state index in [1.165, 1.54) is 66.2 Å². The molecule has 0 saturated carbocycles. The van der Waals surface area contributed by atoms with Crippen LogP contribution in [0.5, 0.6) is 0 Å². The minimum Gasteiger partial charge on any atom is -0.309 e. The van der Waals surface area contributed by atoms with Gasteiger partial charge in [-0.05, 0) is 126 Å². The van der Waals surface area contributed by atoms with Crippen LogP contribution in [0.3, 0.4) is 0 Å².